The second-order valence-corrected chi connectivity index (χ2v) is 6.55. The molecule has 19 heavy (non-hydrogen) atoms. The van der Waals surface area contributed by atoms with Gasteiger partial charge in [0, 0.05) is 0 Å². The van der Waals surface area contributed by atoms with Gasteiger partial charge >= 0.3 is 0 Å². The monoisotopic (exact) mass is 280 g/mol. The molecule has 0 bridgehead atoms. The number of hydrogen-bond acceptors (Lipinski definition) is 4. The van der Waals surface area contributed by atoms with Crippen molar-refractivity contribution in [2.45, 2.75) is 30.2 Å². The van der Waals surface area contributed by atoms with E-state index >= 15 is 0 Å². The molecule has 1 atom stereocenters. The number of sulfonamides is 1. The SMILES string of the molecule is COc1ccc(S(=O)(=O)N[C@@](C)(C#N)C2CC2)cc1. The third-order valence-electron chi connectivity index (χ3n) is 3.34. The van der Waals surface area contributed by atoms with Crippen LogP contribution in [0.15, 0.2) is 29.2 Å². The quantitative estimate of drug-likeness (QED) is 0.889. The van der Waals surface area contributed by atoms with E-state index in [1.165, 1.54) is 19.2 Å². The van der Waals surface area contributed by atoms with E-state index in [-0.39, 0.29) is 10.8 Å². The molecule has 0 unspecified atom stereocenters. The summed E-state index contributed by atoms with van der Waals surface area (Å²) in [6.07, 6.45) is 1.77. The Hall–Kier alpha value is -1.58. The molecule has 1 aliphatic rings. The van der Waals surface area contributed by atoms with E-state index in [9.17, 15) is 13.7 Å². The fraction of sp³-hybridized carbons (Fsp3) is 0.462. The molecule has 0 saturated heterocycles. The van der Waals surface area contributed by atoms with Crippen molar-refractivity contribution in [1.29, 1.82) is 5.26 Å². The third-order valence-corrected chi connectivity index (χ3v) is 4.93. The van der Waals surface area contributed by atoms with Crippen molar-refractivity contribution in [1.82, 2.24) is 4.72 Å². The lowest BCUT2D eigenvalue weighted by molar-refractivity contribution is 0.414. The van der Waals surface area contributed by atoms with Crippen molar-refractivity contribution in [2.24, 2.45) is 5.92 Å². The highest BCUT2D eigenvalue weighted by molar-refractivity contribution is 7.89. The van der Waals surface area contributed by atoms with E-state index in [0.29, 0.717) is 5.75 Å². The van der Waals surface area contributed by atoms with Crippen molar-refractivity contribution >= 4 is 10.0 Å². The van der Waals surface area contributed by atoms with Gasteiger partial charge in [-0.2, -0.15) is 9.98 Å². The van der Waals surface area contributed by atoms with Gasteiger partial charge < -0.3 is 4.74 Å². The molecule has 1 aromatic rings. The largest absolute Gasteiger partial charge is 0.497 e. The summed E-state index contributed by atoms with van der Waals surface area (Å²) in [7, 11) is -2.17. The first-order valence-electron chi connectivity index (χ1n) is 6.00. The number of ether oxygens (including phenoxy) is 1. The van der Waals surface area contributed by atoms with Crippen LogP contribution in [0, 0.1) is 17.2 Å². The molecule has 6 heteroatoms. The predicted molar refractivity (Wildman–Crippen MR) is 70.1 cm³/mol. The molecule has 1 aliphatic carbocycles. The summed E-state index contributed by atoms with van der Waals surface area (Å²) in [6, 6.07) is 8.16. The van der Waals surface area contributed by atoms with Crippen LogP contribution < -0.4 is 9.46 Å². The maximum Gasteiger partial charge on any atom is 0.241 e. The fourth-order valence-electron chi connectivity index (χ4n) is 1.95. The first-order valence-corrected chi connectivity index (χ1v) is 7.49. The van der Waals surface area contributed by atoms with Crippen molar-refractivity contribution < 1.29 is 13.2 Å². The third kappa shape index (κ3) is 2.88. The normalized spacial score (nSPS) is 18.4. The van der Waals surface area contributed by atoms with E-state index in [4.69, 9.17) is 4.74 Å². The maximum absolute atomic E-state index is 12.2. The summed E-state index contributed by atoms with van der Waals surface area (Å²) in [5, 5.41) is 9.19. The Morgan fingerprint density at radius 1 is 1.37 bits per heavy atom. The average Bonchev–Trinajstić information content (AvgIpc) is 3.23. The summed E-state index contributed by atoms with van der Waals surface area (Å²) in [4.78, 5) is 0.135. The summed E-state index contributed by atoms with van der Waals surface area (Å²) in [5.74, 6) is 0.690. The standard InChI is InChI=1S/C13H16N2O3S/c1-13(9-14,10-3-4-10)15-19(16,17)12-7-5-11(18-2)6-8-12/h5-8,10,15H,3-4H2,1-2H3/t13-/m0/s1. The van der Waals surface area contributed by atoms with Crippen molar-refractivity contribution in [3.05, 3.63) is 24.3 Å². The zero-order chi connectivity index (χ0) is 14.1. The molecule has 0 spiro atoms. The van der Waals surface area contributed by atoms with Gasteiger partial charge in [-0.05, 0) is 49.9 Å². The van der Waals surface area contributed by atoms with E-state index in [0.717, 1.165) is 12.8 Å². The van der Waals surface area contributed by atoms with Gasteiger partial charge in [0.15, 0.2) is 0 Å². The lowest BCUT2D eigenvalue weighted by Gasteiger charge is -2.22. The van der Waals surface area contributed by atoms with Crippen LogP contribution in [0.4, 0.5) is 0 Å². The molecule has 1 fully saturated rings. The minimum atomic E-state index is -3.69. The molecule has 0 radical (unpaired) electrons. The Bertz CT molecular complexity index is 600. The molecular formula is C13H16N2O3S. The molecule has 1 saturated carbocycles. The van der Waals surface area contributed by atoms with Crippen molar-refractivity contribution in [3.8, 4) is 11.8 Å². The molecule has 102 valence electrons. The first kappa shape index (κ1) is 13.8. The van der Waals surface area contributed by atoms with Crippen LogP contribution in [0.25, 0.3) is 0 Å². The van der Waals surface area contributed by atoms with Gasteiger partial charge in [0.25, 0.3) is 0 Å². The van der Waals surface area contributed by atoms with Crippen LogP contribution in [0.1, 0.15) is 19.8 Å². The highest BCUT2D eigenvalue weighted by Crippen LogP contribution is 2.39. The van der Waals surface area contributed by atoms with Gasteiger partial charge in [-0.3, -0.25) is 0 Å². The second kappa shape index (κ2) is 4.83. The van der Waals surface area contributed by atoms with Gasteiger partial charge in [-0.25, -0.2) is 8.42 Å². The molecule has 1 aromatic carbocycles. The second-order valence-electron chi connectivity index (χ2n) is 4.87. The zero-order valence-corrected chi connectivity index (χ0v) is 11.7. The Balaban J connectivity index is 2.24. The number of nitriles is 1. The van der Waals surface area contributed by atoms with Gasteiger partial charge in [-0.1, -0.05) is 0 Å². The topological polar surface area (TPSA) is 79.2 Å². The van der Waals surface area contributed by atoms with E-state index < -0.39 is 15.6 Å². The number of methoxy groups -OCH3 is 1. The molecule has 1 N–H and O–H groups in total. The van der Waals surface area contributed by atoms with Crippen LogP contribution in [0.3, 0.4) is 0 Å². The maximum atomic E-state index is 12.2. The Kier molecular flexibility index (Phi) is 3.52. The number of nitrogens with zero attached hydrogens (tertiary/aromatic N) is 1. The van der Waals surface area contributed by atoms with Gasteiger partial charge in [-0.15, -0.1) is 0 Å². The lowest BCUT2D eigenvalue weighted by atomic mass is 10.0. The number of hydrogen-bond donors (Lipinski definition) is 1. The lowest BCUT2D eigenvalue weighted by Crippen LogP contribution is -2.46. The summed E-state index contributed by atoms with van der Waals surface area (Å²) in [5.41, 5.74) is -1.03. The van der Waals surface area contributed by atoms with Crippen molar-refractivity contribution in [2.75, 3.05) is 7.11 Å². The molecule has 5 nitrogen and oxygen atoms in total. The summed E-state index contributed by atoms with van der Waals surface area (Å²) in [6.45, 7) is 1.63. The van der Waals surface area contributed by atoms with Gasteiger partial charge in [0.2, 0.25) is 10.0 Å². The molecule has 0 heterocycles. The number of rotatable bonds is 5. The van der Waals surface area contributed by atoms with E-state index in [1.807, 2.05) is 0 Å². The van der Waals surface area contributed by atoms with Crippen LogP contribution in [0.2, 0.25) is 0 Å². The highest BCUT2D eigenvalue weighted by atomic mass is 32.2. The molecular weight excluding hydrogens is 264 g/mol. The van der Waals surface area contributed by atoms with E-state index in [1.54, 1.807) is 19.1 Å². The highest BCUT2D eigenvalue weighted by Gasteiger charge is 2.44. The fourth-order valence-corrected chi connectivity index (χ4v) is 3.33. The Morgan fingerprint density at radius 3 is 2.37 bits per heavy atom. The molecule has 0 aliphatic heterocycles. The zero-order valence-electron chi connectivity index (χ0n) is 10.9. The van der Waals surface area contributed by atoms with Crippen LogP contribution >= 0.6 is 0 Å². The van der Waals surface area contributed by atoms with Crippen molar-refractivity contribution in [3.63, 3.8) is 0 Å². The van der Waals surface area contributed by atoms with Gasteiger partial charge in [0.05, 0.1) is 18.1 Å². The van der Waals surface area contributed by atoms with Crippen LogP contribution in [-0.4, -0.2) is 21.1 Å². The van der Waals surface area contributed by atoms with E-state index in [2.05, 4.69) is 10.8 Å². The first-order chi connectivity index (χ1) is 8.91. The summed E-state index contributed by atoms with van der Waals surface area (Å²) >= 11 is 0. The average molecular weight is 280 g/mol. The smallest absolute Gasteiger partial charge is 0.241 e. The Morgan fingerprint density at radius 2 is 1.95 bits per heavy atom. The molecule has 0 amide bonds. The van der Waals surface area contributed by atoms with Crippen LogP contribution in [0.5, 0.6) is 5.75 Å². The molecule has 2 rings (SSSR count). The van der Waals surface area contributed by atoms with Crippen LogP contribution in [-0.2, 0) is 10.0 Å². The predicted octanol–water partition coefficient (Wildman–Crippen LogP) is 1.67. The van der Waals surface area contributed by atoms with Gasteiger partial charge in [0.1, 0.15) is 11.3 Å². The summed E-state index contributed by atoms with van der Waals surface area (Å²) < 4.78 is 32.0. The Labute approximate surface area is 113 Å². The number of benzene rings is 1. The minimum Gasteiger partial charge on any atom is -0.497 e. The number of nitrogens with one attached hydrogen (secondary N) is 1. The molecule has 0 aromatic heterocycles. The minimum absolute atomic E-state index is 0.102.